The molecule has 0 spiro atoms. The Morgan fingerprint density at radius 3 is 2.50 bits per heavy atom. The highest BCUT2D eigenvalue weighted by molar-refractivity contribution is 5.70. The molecule has 1 aliphatic carbocycles. The Kier molecular flexibility index (Phi) is 6.05. The summed E-state index contributed by atoms with van der Waals surface area (Å²) in [6.07, 6.45) is 3.41. The lowest BCUT2D eigenvalue weighted by Gasteiger charge is -2.34. The van der Waals surface area contributed by atoms with Gasteiger partial charge in [0.1, 0.15) is 0 Å². The van der Waals surface area contributed by atoms with Gasteiger partial charge in [-0.25, -0.2) is 0 Å². The minimum absolute atomic E-state index is 0.265. The van der Waals surface area contributed by atoms with Gasteiger partial charge in [-0.2, -0.15) is 0 Å². The van der Waals surface area contributed by atoms with E-state index in [0.717, 1.165) is 19.5 Å². The van der Waals surface area contributed by atoms with Crippen molar-refractivity contribution in [3.63, 3.8) is 0 Å². The monoisotopic (exact) mass is 258 g/mol. The van der Waals surface area contributed by atoms with Gasteiger partial charge in [-0.3, -0.25) is 4.79 Å². The van der Waals surface area contributed by atoms with E-state index < -0.39 is 11.6 Å². The molecule has 18 heavy (non-hydrogen) atoms. The number of aliphatic hydroxyl groups is 1. The molecular formula is C13H26N2O3. The highest BCUT2D eigenvalue weighted by atomic mass is 16.4. The lowest BCUT2D eigenvalue weighted by atomic mass is 9.79. The van der Waals surface area contributed by atoms with Crippen molar-refractivity contribution in [1.29, 1.82) is 0 Å². The number of carboxylic acid groups (broad SMARTS) is 1. The fraction of sp³-hybridized carbons (Fsp3) is 0.923. The van der Waals surface area contributed by atoms with Crippen LogP contribution in [-0.4, -0.2) is 60.4 Å². The third-order valence-electron chi connectivity index (χ3n) is 3.68. The van der Waals surface area contributed by atoms with Gasteiger partial charge in [-0.1, -0.05) is 0 Å². The molecule has 3 N–H and O–H groups in total. The van der Waals surface area contributed by atoms with Gasteiger partial charge in [0, 0.05) is 6.54 Å². The van der Waals surface area contributed by atoms with E-state index in [-0.39, 0.29) is 5.92 Å². The standard InChI is InChI=1S/C13H26N2O3/c1-15(2)9-3-8-14-10-13(18)6-4-11(5-7-13)12(16)17/h11,14,18H,3-10H2,1-2H3,(H,16,17). The first-order valence-electron chi connectivity index (χ1n) is 6.73. The van der Waals surface area contributed by atoms with E-state index >= 15 is 0 Å². The second-order valence-corrected chi connectivity index (χ2v) is 5.67. The summed E-state index contributed by atoms with van der Waals surface area (Å²) in [6.45, 7) is 2.50. The van der Waals surface area contributed by atoms with E-state index in [4.69, 9.17) is 5.11 Å². The molecule has 0 unspecified atom stereocenters. The van der Waals surface area contributed by atoms with E-state index in [2.05, 4.69) is 10.2 Å². The van der Waals surface area contributed by atoms with Crippen molar-refractivity contribution in [2.45, 2.75) is 37.7 Å². The van der Waals surface area contributed by atoms with E-state index in [1.807, 2.05) is 14.1 Å². The molecule has 1 saturated carbocycles. The zero-order valence-corrected chi connectivity index (χ0v) is 11.5. The van der Waals surface area contributed by atoms with Crippen LogP contribution in [0.2, 0.25) is 0 Å². The lowest BCUT2D eigenvalue weighted by molar-refractivity contribution is -0.144. The van der Waals surface area contributed by atoms with E-state index in [1.54, 1.807) is 0 Å². The van der Waals surface area contributed by atoms with Crippen molar-refractivity contribution in [3.05, 3.63) is 0 Å². The molecule has 0 aromatic heterocycles. The predicted molar refractivity (Wildman–Crippen MR) is 70.6 cm³/mol. The Bertz CT molecular complexity index is 261. The highest BCUT2D eigenvalue weighted by Gasteiger charge is 2.35. The molecule has 5 heteroatoms. The van der Waals surface area contributed by atoms with Crippen LogP contribution in [0.3, 0.4) is 0 Å². The molecule has 0 aromatic carbocycles. The van der Waals surface area contributed by atoms with Gasteiger partial charge in [0.15, 0.2) is 0 Å². The van der Waals surface area contributed by atoms with Crippen molar-refractivity contribution in [3.8, 4) is 0 Å². The molecule has 0 bridgehead atoms. The van der Waals surface area contributed by atoms with Crippen LogP contribution in [-0.2, 0) is 4.79 Å². The molecule has 5 nitrogen and oxygen atoms in total. The molecule has 0 radical (unpaired) electrons. The second kappa shape index (κ2) is 7.07. The first-order chi connectivity index (χ1) is 8.43. The van der Waals surface area contributed by atoms with Crippen LogP contribution in [0.5, 0.6) is 0 Å². The van der Waals surface area contributed by atoms with Crippen molar-refractivity contribution in [2.24, 2.45) is 5.92 Å². The van der Waals surface area contributed by atoms with E-state index in [0.29, 0.717) is 32.2 Å². The van der Waals surface area contributed by atoms with Gasteiger partial charge < -0.3 is 20.4 Å². The summed E-state index contributed by atoms with van der Waals surface area (Å²) < 4.78 is 0. The summed E-state index contributed by atoms with van der Waals surface area (Å²) >= 11 is 0. The van der Waals surface area contributed by atoms with Gasteiger partial charge in [-0.05, 0) is 59.3 Å². The number of hydrogen-bond donors (Lipinski definition) is 3. The average Bonchev–Trinajstić information content (AvgIpc) is 2.28. The summed E-state index contributed by atoms with van der Waals surface area (Å²) in [4.78, 5) is 13.0. The molecule has 0 heterocycles. The normalized spacial score (nSPS) is 28.6. The number of aliphatic carboxylic acids is 1. The quantitative estimate of drug-likeness (QED) is 0.581. The largest absolute Gasteiger partial charge is 0.481 e. The summed E-state index contributed by atoms with van der Waals surface area (Å²) in [5, 5.41) is 22.5. The summed E-state index contributed by atoms with van der Waals surface area (Å²) in [7, 11) is 4.08. The van der Waals surface area contributed by atoms with Crippen LogP contribution in [0.25, 0.3) is 0 Å². The minimum Gasteiger partial charge on any atom is -0.481 e. The van der Waals surface area contributed by atoms with Crippen molar-refractivity contribution < 1.29 is 15.0 Å². The zero-order valence-electron chi connectivity index (χ0n) is 11.5. The van der Waals surface area contributed by atoms with Crippen LogP contribution in [0.4, 0.5) is 0 Å². The topological polar surface area (TPSA) is 72.8 Å². The van der Waals surface area contributed by atoms with Crippen molar-refractivity contribution in [1.82, 2.24) is 10.2 Å². The zero-order chi connectivity index (χ0) is 13.6. The molecule has 0 aromatic rings. The van der Waals surface area contributed by atoms with Gasteiger partial charge in [-0.15, -0.1) is 0 Å². The second-order valence-electron chi connectivity index (χ2n) is 5.67. The Hall–Kier alpha value is -0.650. The Morgan fingerprint density at radius 2 is 2.00 bits per heavy atom. The fourth-order valence-corrected chi connectivity index (χ4v) is 2.42. The number of carbonyl (C=O) groups is 1. The molecule has 1 fully saturated rings. The minimum atomic E-state index is -0.726. The number of carboxylic acids is 1. The van der Waals surface area contributed by atoms with Crippen LogP contribution in [0.15, 0.2) is 0 Å². The van der Waals surface area contributed by atoms with Crippen LogP contribution in [0, 0.1) is 5.92 Å². The summed E-state index contributed by atoms with van der Waals surface area (Å²) in [5.41, 5.74) is -0.704. The van der Waals surface area contributed by atoms with E-state index in [1.165, 1.54) is 0 Å². The molecule has 106 valence electrons. The third-order valence-corrected chi connectivity index (χ3v) is 3.68. The fourth-order valence-electron chi connectivity index (χ4n) is 2.42. The Labute approximate surface area is 109 Å². The van der Waals surface area contributed by atoms with Gasteiger partial charge >= 0.3 is 5.97 Å². The number of nitrogens with one attached hydrogen (secondary N) is 1. The maximum Gasteiger partial charge on any atom is 0.306 e. The van der Waals surface area contributed by atoms with E-state index in [9.17, 15) is 9.90 Å². The predicted octanol–water partition coefficient (Wildman–Crippen LogP) is 0.534. The molecule has 1 aliphatic rings. The third kappa shape index (κ3) is 5.33. The molecule has 0 amide bonds. The first kappa shape index (κ1) is 15.4. The lowest BCUT2D eigenvalue weighted by Crippen LogP contribution is -2.44. The Morgan fingerprint density at radius 1 is 1.39 bits per heavy atom. The van der Waals surface area contributed by atoms with Crippen molar-refractivity contribution in [2.75, 3.05) is 33.7 Å². The molecular weight excluding hydrogens is 232 g/mol. The van der Waals surface area contributed by atoms with Crippen LogP contribution >= 0.6 is 0 Å². The molecule has 0 saturated heterocycles. The van der Waals surface area contributed by atoms with Crippen LogP contribution in [0.1, 0.15) is 32.1 Å². The van der Waals surface area contributed by atoms with Crippen molar-refractivity contribution >= 4 is 5.97 Å². The maximum atomic E-state index is 10.8. The SMILES string of the molecule is CN(C)CCCNCC1(O)CCC(C(=O)O)CC1. The number of rotatable bonds is 7. The number of nitrogens with zero attached hydrogens (tertiary/aromatic N) is 1. The van der Waals surface area contributed by atoms with Gasteiger partial charge in [0.25, 0.3) is 0 Å². The summed E-state index contributed by atoms with van der Waals surface area (Å²) in [5.74, 6) is -0.991. The smallest absolute Gasteiger partial charge is 0.306 e. The first-order valence-corrected chi connectivity index (χ1v) is 6.73. The molecule has 0 aliphatic heterocycles. The Balaban J connectivity index is 2.16. The molecule has 1 rings (SSSR count). The highest BCUT2D eigenvalue weighted by Crippen LogP contribution is 2.31. The number of hydrogen-bond acceptors (Lipinski definition) is 4. The van der Waals surface area contributed by atoms with Crippen LogP contribution < -0.4 is 5.32 Å². The maximum absolute atomic E-state index is 10.8. The van der Waals surface area contributed by atoms with Gasteiger partial charge in [0.2, 0.25) is 0 Å². The van der Waals surface area contributed by atoms with Gasteiger partial charge in [0.05, 0.1) is 11.5 Å². The molecule has 0 atom stereocenters. The summed E-state index contributed by atoms with van der Waals surface area (Å²) in [6, 6.07) is 0. The average molecular weight is 258 g/mol.